The van der Waals surface area contributed by atoms with Gasteiger partial charge in [0.05, 0.1) is 0 Å². The van der Waals surface area contributed by atoms with E-state index in [0.717, 1.165) is 18.0 Å². The third kappa shape index (κ3) is 4.45. The van der Waals surface area contributed by atoms with Gasteiger partial charge in [0, 0.05) is 25.2 Å². The summed E-state index contributed by atoms with van der Waals surface area (Å²) in [6.07, 6.45) is 14.4. The summed E-state index contributed by atoms with van der Waals surface area (Å²) in [6, 6.07) is 1.67. The minimum atomic E-state index is 0.568. The van der Waals surface area contributed by atoms with Crippen molar-refractivity contribution in [2.24, 2.45) is 11.3 Å². The van der Waals surface area contributed by atoms with Crippen LogP contribution < -0.4 is 5.32 Å². The molecule has 2 heteroatoms. The van der Waals surface area contributed by atoms with Crippen molar-refractivity contribution in [2.75, 3.05) is 19.6 Å². The molecule has 0 spiro atoms. The second kappa shape index (κ2) is 7.00. The Morgan fingerprint density at radius 3 is 2.62 bits per heavy atom. The van der Waals surface area contributed by atoms with Gasteiger partial charge in [-0.05, 0) is 63.3 Å². The van der Waals surface area contributed by atoms with Crippen molar-refractivity contribution >= 4 is 0 Å². The smallest absolute Gasteiger partial charge is 0.00684 e. The minimum Gasteiger partial charge on any atom is -0.313 e. The predicted molar refractivity (Wildman–Crippen MR) is 90.6 cm³/mol. The summed E-state index contributed by atoms with van der Waals surface area (Å²) >= 11 is 0. The highest BCUT2D eigenvalue weighted by molar-refractivity contribution is 4.93. The molecule has 0 radical (unpaired) electrons. The van der Waals surface area contributed by atoms with Gasteiger partial charge in [0.1, 0.15) is 0 Å². The SMILES string of the molecule is CC1CCCC(CNC2CC2)(CN2CCCCCC2C)C1. The van der Waals surface area contributed by atoms with Gasteiger partial charge in [0.25, 0.3) is 0 Å². The lowest BCUT2D eigenvalue weighted by Gasteiger charge is -2.45. The van der Waals surface area contributed by atoms with E-state index in [0.29, 0.717) is 5.41 Å². The van der Waals surface area contributed by atoms with Gasteiger partial charge < -0.3 is 10.2 Å². The second-order valence-corrected chi connectivity index (χ2v) is 8.53. The van der Waals surface area contributed by atoms with Crippen LogP contribution in [0.1, 0.15) is 78.1 Å². The zero-order chi connectivity index (χ0) is 14.7. The fourth-order valence-electron chi connectivity index (χ4n) is 4.78. The van der Waals surface area contributed by atoms with Crippen molar-refractivity contribution in [2.45, 2.75) is 90.1 Å². The van der Waals surface area contributed by atoms with Gasteiger partial charge in [-0.1, -0.05) is 32.6 Å². The lowest BCUT2D eigenvalue weighted by atomic mass is 9.69. The minimum absolute atomic E-state index is 0.568. The number of hydrogen-bond donors (Lipinski definition) is 1. The molecule has 0 amide bonds. The van der Waals surface area contributed by atoms with Crippen molar-refractivity contribution in [1.29, 1.82) is 0 Å². The highest BCUT2D eigenvalue weighted by Crippen LogP contribution is 2.41. The van der Waals surface area contributed by atoms with Crippen LogP contribution in [0.4, 0.5) is 0 Å². The normalized spacial score (nSPS) is 39.1. The van der Waals surface area contributed by atoms with E-state index in [2.05, 4.69) is 24.1 Å². The molecular formula is C19H36N2. The van der Waals surface area contributed by atoms with Gasteiger partial charge in [-0.2, -0.15) is 0 Å². The monoisotopic (exact) mass is 292 g/mol. The van der Waals surface area contributed by atoms with Crippen LogP contribution >= 0.6 is 0 Å². The predicted octanol–water partition coefficient (Wildman–Crippen LogP) is 4.20. The lowest BCUT2D eigenvalue weighted by Crippen LogP contribution is -2.49. The van der Waals surface area contributed by atoms with Crippen LogP contribution in [-0.4, -0.2) is 36.6 Å². The molecule has 1 saturated heterocycles. The van der Waals surface area contributed by atoms with Crippen LogP contribution in [0.25, 0.3) is 0 Å². The fraction of sp³-hybridized carbons (Fsp3) is 1.00. The molecule has 21 heavy (non-hydrogen) atoms. The number of rotatable bonds is 5. The molecule has 3 rings (SSSR count). The molecule has 2 saturated carbocycles. The maximum atomic E-state index is 3.88. The van der Waals surface area contributed by atoms with Crippen LogP contribution in [0.5, 0.6) is 0 Å². The van der Waals surface area contributed by atoms with Gasteiger partial charge >= 0.3 is 0 Å². The molecular weight excluding hydrogens is 256 g/mol. The quantitative estimate of drug-likeness (QED) is 0.817. The number of likely N-dealkylation sites (tertiary alicyclic amines) is 1. The molecule has 1 heterocycles. The van der Waals surface area contributed by atoms with Gasteiger partial charge in [0.15, 0.2) is 0 Å². The molecule has 3 aliphatic rings. The highest BCUT2D eigenvalue weighted by Gasteiger charge is 2.38. The van der Waals surface area contributed by atoms with Gasteiger partial charge in [-0.25, -0.2) is 0 Å². The van der Waals surface area contributed by atoms with E-state index in [1.807, 2.05) is 0 Å². The summed E-state index contributed by atoms with van der Waals surface area (Å²) in [5.41, 5.74) is 0.568. The van der Waals surface area contributed by atoms with Crippen molar-refractivity contribution in [3.8, 4) is 0 Å². The summed E-state index contributed by atoms with van der Waals surface area (Å²) in [5.74, 6) is 0.932. The molecule has 0 aromatic rings. The highest BCUT2D eigenvalue weighted by atomic mass is 15.2. The van der Waals surface area contributed by atoms with Gasteiger partial charge in [-0.15, -0.1) is 0 Å². The van der Waals surface area contributed by atoms with Gasteiger partial charge in [-0.3, -0.25) is 0 Å². The molecule has 0 aromatic carbocycles. The summed E-state index contributed by atoms with van der Waals surface area (Å²) in [6.45, 7) is 8.95. The van der Waals surface area contributed by atoms with E-state index >= 15 is 0 Å². The maximum Gasteiger partial charge on any atom is 0.00684 e. The van der Waals surface area contributed by atoms with E-state index in [9.17, 15) is 0 Å². The molecule has 3 fully saturated rings. The molecule has 122 valence electrons. The maximum absolute atomic E-state index is 3.88. The second-order valence-electron chi connectivity index (χ2n) is 8.53. The van der Waals surface area contributed by atoms with Crippen LogP contribution in [0.3, 0.4) is 0 Å². The van der Waals surface area contributed by atoms with Crippen LogP contribution in [-0.2, 0) is 0 Å². The first-order chi connectivity index (χ1) is 10.2. The average molecular weight is 293 g/mol. The van der Waals surface area contributed by atoms with Crippen molar-refractivity contribution < 1.29 is 0 Å². The van der Waals surface area contributed by atoms with Crippen LogP contribution in [0.15, 0.2) is 0 Å². The van der Waals surface area contributed by atoms with Crippen LogP contribution in [0.2, 0.25) is 0 Å². The Kier molecular flexibility index (Phi) is 5.27. The summed E-state index contributed by atoms with van der Waals surface area (Å²) in [4.78, 5) is 2.85. The Bertz CT molecular complexity index is 326. The first-order valence-corrected chi connectivity index (χ1v) is 9.64. The molecule has 2 aliphatic carbocycles. The average Bonchev–Trinajstić information content (AvgIpc) is 3.28. The van der Waals surface area contributed by atoms with Crippen molar-refractivity contribution in [3.63, 3.8) is 0 Å². The Balaban J connectivity index is 1.64. The van der Waals surface area contributed by atoms with E-state index in [1.165, 1.54) is 83.8 Å². The zero-order valence-electron chi connectivity index (χ0n) is 14.4. The van der Waals surface area contributed by atoms with E-state index in [-0.39, 0.29) is 0 Å². The Morgan fingerprint density at radius 1 is 1.00 bits per heavy atom. The third-order valence-electron chi connectivity index (χ3n) is 6.26. The largest absolute Gasteiger partial charge is 0.313 e. The third-order valence-corrected chi connectivity index (χ3v) is 6.26. The molecule has 1 N–H and O–H groups in total. The fourth-order valence-corrected chi connectivity index (χ4v) is 4.78. The topological polar surface area (TPSA) is 15.3 Å². The molecule has 0 bridgehead atoms. The Hall–Kier alpha value is -0.0800. The number of hydrogen-bond acceptors (Lipinski definition) is 2. The summed E-state index contributed by atoms with van der Waals surface area (Å²) < 4.78 is 0. The van der Waals surface area contributed by atoms with E-state index < -0.39 is 0 Å². The van der Waals surface area contributed by atoms with E-state index in [1.54, 1.807) is 0 Å². The summed E-state index contributed by atoms with van der Waals surface area (Å²) in [7, 11) is 0. The molecule has 1 aliphatic heterocycles. The molecule has 2 nitrogen and oxygen atoms in total. The Labute approximate surface area is 132 Å². The molecule has 3 unspecified atom stereocenters. The zero-order valence-corrected chi connectivity index (χ0v) is 14.4. The van der Waals surface area contributed by atoms with Crippen molar-refractivity contribution in [3.05, 3.63) is 0 Å². The first kappa shape index (κ1) is 15.8. The lowest BCUT2D eigenvalue weighted by molar-refractivity contribution is 0.0623. The van der Waals surface area contributed by atoms with E-state index in [4.69, 9.17) is 0 Å². The standard InChI is InChI=1S/C19H36N2/c1-16-7-6-11-19(13-16,14-20-18-9-10-18)15-21-12-5-3-4-8-17(21)2/h16-18,20H,3-15H2,1-2H3. The number of nitrogens with one attached hydrogen (secondary N) is 1. The summed E-state index contributed by atoms with van der Waals surface area (Å²) in [5, 5.41) is 3.88. The van der Waals surface area contributed by atoms with Gasteiger partial charge in [0.2, 0.25) is 0 Å². The van der Waals surface area contributed by atoms with Crippen molar-refractivity contribution in [1.82, 2.24) is 10.2 Å². The first-order valence-electron chi connectivity index (χ1n) is 9.64. The molecule has 0 aromatic heterocycles. The van der Waals surface area contributed by atoms with Crippen LogP contribution in [0, 0.1) is 11.3 Å². The molecule has 3 atom stereocenters. The number of nitrogens with zero attached hydrogens (tertiary/aromatic N) is 1. The Morgan fingerprint density at radius 2 is 1.86 bits per heavy atom.